The van der Waals surface area contributed by atoms with Gasteiger partial charge in [0.05, 0.1) is 18.4 Å². The number of carbonyl (C=O) groups excluding carboxylic acids is 1. The van der Waals surface area contributed by atoms with E-state index in [1.165, 1.54) is 14.0 Å². The first-order chi connectivity index (χ1) is 9.51. The maximum absolute atomic E-state index is 11.9. The Morgan fingerprint density at radius 2 is 2.00 bits per heavy atom. The van der Waals surface area contributed by atoms with Gasteiger partial charge in [-0.15, -0.1) is 0 Å². The smallest absolute Gasteiger partial charge is 0.345 e. The van der Waals surface area contributed by atoms with Crippen molar-refractivity contribution >= 4 is 22.7 Å². The summed E-state index contributed by atoms with van der Waals surface area (Å²) in [6.45, 7) is 2.79. The lowest BCUT2D eigenvalue weighted by molar-refractivity contribution is -0.140. The van der Waals surface area contributed by atoms with Crippen LogP contribution in [0.5, 0.6) is 5.75 Å². The van der Waals surface area contributed by atoms with Crippen LogP contribution in [0.2, 0.25) is 0 Å². The molecule has 0 aliphatic carbocycles. The molecule has 0 saturated carbocycles. The summed E-state index contributed by atoms with van der Waals surface area (Å²) in [7, 11) is 1.53. The highest BCUT2D eigenvalue weighted by Gasteiger charge is 2.10. The van der Waals surface area contributed by atoms with E-state index in [0.717, 1.165) is 5.39 Å². The Kier molecular flexibility index (Phi) is 3.84. The molecule has 0 fully saturated rings. The second kappa shape index (κ2) is 5.56. The maximum Gasteiger partial charge on any atom is 0.345 e. The minimum atomic E-state index is -0.556. The van der Waals surface area contributed by atoms with Crippen LogP contribution in [-0.4, -0.2) is 18.8 Å². The topological polar surface area (TPSA) is 78.1 Å². The molecule has 0 unspecified atom stereocenters. The Bertz CT molecular complexity index is 745. The number of hydrogen-bond acceptors (Lipinski definition) is 6. The van der Waals surface area contributed by atoms with Crippen molar-refractivity contribution in [2.75, 3.05) is 7.11 Å². The standard InChI is InChI=1S/C14H13NO5/c1-8(15-20-9(2)16)12-6-10-4-5-11(18-3)7-13(10)19-14(12)17/h4-7H,1-3H3. The molecule has 20 heavy (non-hydrogen) atoms. The van der Waals surface area contributed by atoms with Gasteiger partial charge < -0.3 is 14.0 Å². The summed E-state index contributed by atoms with van der Waals surface area (Å²) in [6.07, 6.45) is 0. The summed E-state index contributed by atoms with van der Waals surface area (Å²) in [4.78, 5) is 27.1. The zero-order chi connectivity index (χ0) is 14.7. The van der Waals surface area contributed by atoms with E-state index in [9.17, 15) is 9.59 Å². The quantitative estimate of drug-likeness (QED) is 0.371. The number of fused-ring (bicyclic) bond motifs is 1. The van der Waals surface area contributed by atoms with Crippen LogP contribution in [0, 0.1) is 0 Å². The highest BCUT2D eigenvalue weighted by Crippen LogP contribution is 2.20. The number of ether oxygens (including phenoxy) is 1. The van der Waals surface area contributed by atoms with Gasteiger partial charge in [0.2, 0.25) is 0 Å². The third-order valence-corrected chi connectivity index (χ3v) is 2.64. The fourth-order valence-corrected chi connectivity index (χ4v) is 1.65. The SMILES string of the molecule is COc1ccc2cc(C(C)=NOC(C)=O)c(=O)oc2c1. The van der Waals surface area contributed by atoms with Crippen LogP contribution in [0.25, 0.3) is 11.0 Å². The molecule has 0 N–H and O–H groups in total. The van der Waals surface area contributed by atoms with E-state index in [2.05, 4.69) is 9.99 Å². The van der Waals surface area contributed by atoms with E-state index in [1.54, 1.807) is 31.2 Å². The summed E-state index contributed by atoms with van der Waals surface area (Å²) in [5, 5.41) is 4.30. The number of oxime groups is 1. The second-order valence-electron chi connectivity index (χ2n) is 4.11. The molecule has 6 nitrogen and oxygen atoms in total. The molecule has 0 aliphatic heterocycles. The molecule has 0 saturated heterocycles. The Morgan fingerprint density at radius 1 is 1.25 bits per heavy atom. The first-order valence-corrected chi connectivity index (χ1v) is 5.85. The van der Waals surface area contributed by atoms with Gasteiger partial charge in [-0.05, 0) is 25.1 Å². The predicted molar refractivity (Wildman–Crippen MR) is 73.0 cm³/mol. The van der Waals surface area contributed by atoms with E-state index < -0.39 is 11.6 Å². The van der Waals surface area contributed by atoms with Crippen LogP contribution in [0.4, 0.5) is 0 Å². The third-order valence-electron chi connectivity index (χ3n) is 2.64. The predicted octanol–water partition coefficient (Wildman–Crippen LogP) is 2.09. The molecular formula is C14H13NO5. The van der Waals surface area contributed by atoms with Crippen molar-refractivity contribution in [3.05, 3.63) is 40.2 Å². The molecule has 2 rings (SSSR count). The fraction of sp³-hybridized carbons (Fsp3) is 0.214. The first-order valence-electron chi connectivity index (χ1n) is 5.85. The Balaban J connectivity index is 2.51. The van der Waals surface area contributed by atoms with Gasteiger partial charge in [0.25, 0.3) is 0 Å². The molecular weight excluding hydrogens is 262 g/mol. The van der Waals surface area contributed by atoms with Crippen molar-refractivity contribution in [3.8, 4) is 5.75 Å². The lowest BCUT2D eigenvalue weighted by Gasteiger charge is -2.03. The monoisotopic (exact) mass is 275 g/mol. The van der Waals surface area contributed by atoms with E-state index >= 15 is 0 Å². The number of nitrogens with zero attached hydrogens (tertiary/aromatic N) is 1. The molecule has 1 aromatic heterocycles. The zero-order valence-electron chi connectivity index (χ0n) is 11.3. The average Bonchev–Trinajstić information content (AvgIpc) is 2.43. The highest BCUT2D eigenvalue weighted by molar-refractivity contribution is 6.00. The number of hydrogen-bond donors (Lipinski definition) is 0. The molecule has 0 radical (unpaired) electrons. The van der Waals surface area contributed by atoms with Crippen LogP contribution in [0.3, 0.4) is 0 Å². The molecule has 1 heterocycles. The van der Waals surface area contributed by atoms with Gasteiger partial charge in [0.1, 0.15) is 11.3 Å². The van der Waals surface area contributed by atoms with Crippen LogP contribution in [-0.2, 0) is 9.63 Å². The van der Waals surface area contributed by atoms with E-state index in [0.29, 0.717) is 11.3 Å². The molecule has 104 valence electrons. The molecule has 0 aliphatic rings. The number of carbonyl (C=O) groups is 1. The number of rotatable bonds is 3. The number of benzene rings is 1. The van der Waals surface area contributed by atoms with Crippen molar-refractivity contribution in [2.24, 2.45) is 5.16 Å². The molecule has 6 heteroatoms. The molecule has 0 bridgehead atoms. The Labute approximate surface area is 114 Å². The van der Waals surface area contributed by atoms with E-state index in [1.807, 2.05) is 0 Å². The Hall–Kier alpha value is -2.63. The summed E-state index contributed by atoms with van der Waals surface area (Å²) >= 11 is 0. The number of methoxy groups -OCH3 is 1. The van der Waals surface area contributed by atoms with Crippen molar-refractivity contribution in [1.29, 1.82) is 0 Å². The van der Waals surface area contributed by atoms with Gasteiger partial charge in [0, 0.05) is 18.4 Å². The summed E-state index contributed by atoms with van der Waals surface area (Å²) in [6, 6.07) is 6.77. The van der Waals surface area contributed by atoms with E-state index in [-0.39, 0.29) is 11.3 Å². The Morgan fingerprint density at radius 3 is 2.65 bits per heavy atom. The van der Waals surface area contributed by atoms with Crippen molar-refractivity contribution in [2.45, 2.75) is 13.8 Å². The van der Waals surface area contributed by atoms with Gasteiger partial charge in [-0.2, -0.15) is 0 Å². The normalized spacial score (nSPS) is 11.4. The fourth-order valence-electron chi connectivity index (χ4n) is 1.65. The van der Waals surface area contributed by atoms with Crippen LogP contribution >= 0.6 is 0 Å². The molecule has 1 aromatic carbocycles. The minimum absolute atomic E-state index is 0.240. The lowest BCUT2D eigenvalue weighted by atomic mass is 10.1. The zero-order valence-corrected chi connectivity index (χ0v) is 11.3. The van der Waals surface area contributed by atoms with Gasteiger partial charge in [0.15, 0.2) is 0 Å². The van der Waals surface area contributed by atoms with Crippen LogP contribution in [0.15, 0.2) is 38.6 Å². The molecule has 0 spiro atoms. The highest BCUT2D eigenvalue weighted by atomic mass is 16.7. The molecule has 0 atom stereocenters. The van der Waals surface area contributed by atoms with E-state index in [4.69, 9.17) is 9.15 Å². The minimum Gasteiger partial charge on any atom is -0.497 e. The van der Waals surface area contributed by atoms with Crippen molar-refractivity contribution < 1.29 is 18.8 Å². The van der Waals surface area contributed by atoms with Gasteiger partial charge in [-0.1, -0.05) is 5.16 Å². The molecule has 2 aromatic rings. The molecule has 0 amide bonds. The average molecular weight is 275 g/mol. The second-order valence-corrected chi connectivity index (χ2v) is 4.11. The van der Waals surface area contributed by atoms with Gasteiger partial charge in [-0.25, -0.2) is 9.59 Å². The van der Waals surface area contributed by atoms with Crippen LogP contribution in [0.1, 0.15) is 19.4 Å². The maximum atomic E-state index is 11.9. The summed E-state index contributed by atoms with van der Waals surface area (Å²) in [5.74, 6) is 0.0398. The van der Waals surface area contributed by atoms with Gasteiger partial charge >= 0.3 is 11.6 Å². The largest absolute Gasteiger partial charge is 0.497 e. The van der Waals surface area contributed by atoms with Gasteiger partial charge in [-0.3, -0.25) is 0 Å². The van der Waals surface area contributed by atoms with Crippen LogP contribution < -0.4 is 10.4 Å². The summed E-state index contributed by atoms with van der Waals surface area (Å²) in [5.41, 5.74) is 0.369. The summed E-state index contributed by atoms with van der Waals surface area (Å²) < 4.78 is 10.3. The van der Waals surface area contributed by atoms with Crippen molar-refractivity contribution in [1.82, 2.24) is 0 Å². The van der Waals surface area contributed by atoms with Crippen molar-refractivity contribution in [3.63, 3.8) is 0 Å². The lowest BCUT2D eigenvalue weighted by Crippen LogP contribution is -2.13. The third kappa shape index (κ3) is 2.85. The first kappa shape index (κ1) is 13.8.